The van der Waals surface area contributed by atoms with Gasteiger partial charge < -0.3 is 14.8 Å². The number of pyridine rings is 1. The monoisotopic (exact) mass is 818 g/mol. The summed E-state index contributed by atoms with van der Waals surface area (Å²) in [6.45, 7) is 10.9. The molecule has 4 aliphatic rings. The van der Waals surface area contributed by atoms with Crippen LogP contribution in [0.4, 0.5) is 0 Å². The van der Waals surface area contributed by atoms with E-state index in [-0.39, 0.29) is 42.0 Å². The first-order chi connectivity index (χ1) is 28.1. The minimum Gasteiger partial charge on any atom is -0.494 e. The minimum atomic E-state index is -1.01. The number of benzene rings is 2. The van der Waals surface area contributed by atoms with Crippen LogP contribution in [0, 0.1) is 22.2 Å². The van der Waals surface area contributed by atoms with Crippen molar-refractivity contribution in [1.29, 1.82) is 5.26 Å². The number of amides is 5. The van der Waals surface area contributed by atoms with Crippen molar-refractivity contribution in [3.8, 4) is 23.4 Å². The summed E-state index contributed by atoms with van der Waals surface area (Å²) in [6.07, 6.45) is 5.12. The number of hydrogen-bond acceptors (Lipinski definition) is 11. The summed E-state index contributed by atoms with van der Waals surface area (Å²) in [4.78, 5) is 71.2. The fraction of sp³-hybridized carbons (Fsp3) is 0.395. The highest BCUT2D eigenvalue weighted by Gasteiger charge is 2.64. The maximum atomic E-state index is 13.4. The van der Waals surface area contributed by atoms with Crippen LogP contribution in [0.25, 0.3) is 5.82 Å². The Morgan fingerprint density at radius 1 is 0.983 bits per heavy atom. The fourth-order valence-corrected chi connectivity index (χ4v) is 9.34. The van der Waals surface area contributed by atoms with E-state index in [9.17, 15) is 29.2 Å². The predicted molar refractivity (Wildman–Crippen MR) is 213 cm³/mol. The molecule has 8 rings (SSSR count). The molecule has 1 aliphatic carbocycles. The molecule has 2 aromatic carbocycles. The molecule has 0 bridgehead atoms. The van der Waals surface area contributed by atoms with E-state index in [1.54, 1.807) is 53.3 Å². The molecule has 1 saturated carbocycles. The summed E-state index contributed by atoms with van der Waals surface area (Å²) in [6, 6.07) is 14.1. The topological polar surface area (TPSA) is 189 Å². The van der Waals surface area contributed by atoms with Crippen molar-refractivity contribution in [1.82, 2.24) is 35.2 Å². The number of nitrogens with zero attached hydrogens (tertiary/aromatic N) is 6. The highest BCUT2D eigenvalue weighted by molar-refractivity contribution is 6.31. The second-order valence-corrected chi connectivity index (χ2v) is 17.1. The van der Waals surface area contributed by atoms with Crippen molar-refractivity contribution in [2.45, 2.75) is 84.7 Å². The van der Waals surface area contributed by atoms with Crippen LogP contribution in [0.3, 0.4) is 0 Å². The molecule has 0 spiro atoms. The van der Waals surface area contributed by atoms with Gasteiger partial charge in [-0.2, -0.15) is 10.4 Å². The lowest BCUT2D eigenvalue weighted by Gasteiger charge is -2.63. The Hall–Kier alpha value is -6.11. The van der Waals surface area contributed by atoms with E-state index in [1.165, 1.54) is 6.07 Å². The Morgan fingerprint density at radius 3 is 2.44 bits per heavy atom. The summed E-state index contributed by atoms with van der Waals surface area (Å²) >= 11 is 6.23. The highest BCUT2D eigenvalue weighted by atomic mass is 35.5. The van der Waals surface area contributed by atoms with Gasteiger partial charge in [-0.3, -0.25) is 39.1 Å². The standard InChI is InChI=1S/C43H43ClN8O7/c1-42(2)40(43(3,4)41(42)59-28-9-7-24(19-45)31(44)18-28)48-36(54)25-8-13-34(46-20-25)51-22-26-21-50(23-32(26)49-51)15-5-6-16-58-27-10-11-29-30(17-27)39(57)52(38(29)56)33-12-14-35(53)47-37(33)55/h7-11,13,17-18,20,22,33,40-41H,5-6,12,14-16,21,23H2,1-4H3,(H,48,54)(H,47,53,55)/t33?,40-,41-. The van der Waals surface area contributed by atoms with Gasteiger partial charge in [0.15, 0.2) is 5.82 Å². The summed E-state index contributed by atoms with van der Waals surface area (Å²) in [5, 5.41) is 19.7. The smallest absolute Gasteiger partial charge is 0.262 e. The molecule has 1 atom stereocenters. The van der Waals surface area contributed by atoms with Crippen LogP contribution in [0.2, 0.25) is 5.02 Å². The maximum Gasteiger partial charge on any atom is 0.262 e. The Morgan fingerprint density at radius 2 is 1.75 bits per heavy atom. The number of imide groups is 2. The molecule has 0 radical (unpaired) electrons. The molecule has 59 heavy (non-hydrogen) atoms. The first-order valence-corrected chi connectivity index (χ1v) is 20.0. The molecule has 4 aromatic rings. The molecule has 3 aliphatic heterocycles. The van der Waals surface area contributed by atoms with Crippen molar-refractivity contribution >= 4 is 41.1 Å². The Bertz CT molecular complexity index is 2400. The number of hydrogen-bond donors (Lipinski definition) is 2. The Balaban J connectivity index is 0.785. The second kappa shape index (κ2) is 15.2. The van der Waals surface area contributed by atoms with Crippen LogP contribution in [0.15, 0.2) is 60.9 Å². The van der Waals surface area contributed by atoms with Gasteiger partial charge in [-0.15, -0.1) is 0 Å². The molecule has 2 fully saturated rings. The van der Waals surface area contributed by atoms with Gasteiger partial charge in [-0.25, -0.2) is 9.67 Å². The van der Waals surface area contributed by atoms with E-state index in [1.807, 2.05) is 6.20 Å². The largest absolute Gasteiger partial charge is 0.494 e. The summed E-state index contributed by atoms with van der Waals surface area (Å²) in [5.74, 6) is -0.755. The zero-order valence-electron chi connectivity index (χ0n) is 33.1. The number of fused-ring (bicyclic) bond motifs is 2. The van der Waals surface area contributed by atoms with Crippen LogP contribution in [0.5, 0.6) is 11.5 Å². The van der Waals surface area contributed by atoms with Gasteiger partial charge in [-0.05, 0) is 68.3 Å². The first kappa shape index (κ1) is 39.7. The average Bonchev–Trinajstić information content (AvgIpc) is 3.85. The highest BCUT2D eigenvalue weighted by Crippen LogP contribution is 2.55. The zero-order chi connectivity index (χ0) is 41.8. The van der Waals surface area contributed by atoms with Crippen LogP contribution in [-0.4, -0.2) is 85.4 Å². The van der Waals surface area contributed by atoms with E-state index in [2.05, 4.69) is 54.3 Å². The molecule has 1 unspecified atom stereocenters. The van der Waals surface area contributed by atoms with Crippen molar-refractivity contribution in [2.24, 2.45) is 10.8 Å². The SMILES string of the molecule is CC1(C)[C@H](NC(=O)c2ccc(-n3cc4c(n3)CN(CCCCOc3ccc5c(c3)C(=O)N(C3CCC(=O)NC3=O)C5=O)C4)nc2)C(C)(C)[C@H]1Oc1ccc(C#N)c(Cl)c1. The number of aromatic nitrogens is 3. The Labute approximate surface area is 345 Å². The van der Waals surface area contributed by atoms with Crippen LogP contribution in [0.1, 0.15) is 101 Å². The van der Waals surface area contributed by atoms with Gasteiger partial charge in [-0.1, -0.05) is 39.3 Å². The lowest BCUT2D eigenvalue weighted by atomic mass is 9.49. The fourth-order valence-electron chi connectivity index (χ4n) is 9.13. The normalized spacial score (nSPS) is 21.6. The summed E-state index contributed by atoms with van der Waals surface area (Å²) < 4.78 is 14.0. The third-order valence-electron chi connectivity index (χ3n) is 11.9. The van der Waals surface area contributed by atoms with Crippen molar-refractivity contribution in [3.63, 3.8) is 0 Å². The average molecular weight is 819 g/mol. The Kier molecular flexibility index (Phi) is 10.3. The number of nitriles is 1. The van der Waals surface area contributed by atoms with E-state index >= 15 is 0 Å². The minimum absolute atomic E-state index is 0.0637. The van der Waals surface area contributed by atoms with Gasteiger partial charge in [0.05, 0.1) is 39.6 Å². The molecule has 1 saturated heterocycles. The molecule has 2 aromatic heterocycles. The number of nitrogens with one attached hydrogen (secondary N) is 2. The van der Waals surface area contributed by atoms with Crippen LogP contribution >= 0.6 is 11.6 Å². The number of carbonyl (C=O) groups excluding carboxylic acids is 5. The number of piperidine rings is 1. The van der Waals surface area contributed by atoms with E-state index in [0.29, 0.717) is 46.6 Å². The number of halogens is 1. The first-order valence-electron chi connectivity index (χ1n) is 19.6. The molecule has 304 valence electrons. The third-order valence-corrected chi connectivity index (χ3v) is 12.2. The predicted octanol–water partition coefficient (Wildman–Crippen LogP) is 4.98. The number of unbranched alkanes of at least 4 members (excludes halogenated alkanes) is 1. The van der Waals surface area contributed by atoms with Crippen molar-refractivity contribution in [2.75, 3.05) is 13.2 Å². The van der Waals surface area contributed by atoms with Crippen LogP contribution < -0.4 is 20.1 Å². The molecule has 5 heterocycles. The van der Waals surface area contributed by atoms with Crippen LogP contribution in [-0.2, 0) is 22.7 Å². The van der Waals surface area contributed by atoms with E-state index in [0.717, 1.165) is 42.1 Å². The van der Waals surface area contributed by atoms with Crippen molar-refractivity contribution in [3.05, 3.63) is 99.5 Å². The maximum absolute atomic E-state index is 13.4. The quantitative estimate of drug-likeness (QED) is 0.145. The summed E-state index contributed by atoms with van der Waals surface area (Å²) in [5.41, 5.74) is 2.52. The van der Waals surface area contributed by atoms with Gasteiger partial charge in [0.25, 0.3) is 17.7 Å². The van der Waals surface area contributed by atoms with Gasteiger partial charge in [0.1, 0.15) is 29.7 Å². The van der Waals surface area contributed by atoms with E-state index in [4.69, 9.17) is 26.2 Å². The molecule has 5 amide bonds. The third kappa shape index (κ3) is 7.31. The second-order valence-electron chi connectivity index (χ2n) is 16.7. The van der Waals surface area contributed by atoms with Gasteiger partial charge in [0.2, 0.25) is 11.8 Å². The zero-order valence-corrected chi connectivity index (χ0v) is 33.8. The molecular weight excluding hydrogens is 776 g/mol. The van der Waals surface area contributed by atoms with Crippen molar-refractivity contribution < 1.29 is 33.4 Å². The number of carbonyl (C=O) groups is 5. The molecule has 16 heteroatoms. The van der Waals surface area contributed by atoms with Gasteiger partial charge in [0, 0.05) is 60.4 Å². The molecule has 15 nitrogen and oxygen atoms in total. The lowest BCUT2D eigenvalue weighted by molar-refractivity contribution is -0.164. The molecule has 2 N–H and O–H groups in total. The van der Waals surface area contributed by atoms with E-state index < -0.39 is 40.5 Å². The lowest BCUT2D eigenvalue weighted by Crippen LogP contribution is -2.74. The number of rotatable bonds is 12. The summed E-state index contributed by atoms with van der Waals surface area (Å²) in [7, 11) is 0. The molecular formula is C43H43ClN8O7. The number of ether oxygens (including phenoxy) is 2. The van der Waals surface area contributed by atoms with Gasteiger partial charge >= 0.3 is 0 Å².